The summed E-state index contributed by atoms with van der Waals surface area (Å²) in [5.74, 6) is 0. The summed E-state index contributed by atoms with van der Waals surface area (Å²) in [6.45, 7) is 4.97. The van der Waals surface area contributed by atoms with Crippen LogP contribution in [0.15, 0.2) is 23.4 Å². The van der Waals surface area contributed by atoms with Crippen molar-refractivity contribution >= 4 is 11.8 Å². The molecule has 3 heteroatoms. The Morgan fingerprint density at radius 3 is 2.82 bits per heavy atom. The molecule has 1 rings (SSSR count). The van der Waals surface area contributed by atoms with Gasteiger partial charge in [-0.25, -0.2) is 0 Å². The van der Waals surface area contributed by atoms with Gasteiger partial charge in [0, 0.05) is 17.5 Å². The number of H-pyrrole nitrogens is 1. The molecule has 0 atom stereocenters. The molecule has 0 radical (unpaired) electrons. The average Bonchev–Trinajstić information content (AvgIpc) is 2.39. The van der Waals surface area contributed by atoms with Gasteiger partial charge in [-0.1, -0.05) is 0 Å². The Hall–Kier alpha value is -0.410. The van der Waals surface area contributed by atoms with E-state index in [4.69, 9.17) is 5.73 Å². The smallest absolute Gasteiger partial charge is 0.0727 e. The highest BCUT2D eigenvalue weighted by Gasteiger charge is 2.16. The van der Waals surface area contributed by atoms with Crippen molar-refractivity contribution in [3.8, 4) is 0 Å². The van der Waals surface area contributed by atoms with Gasteiger partial charge < -0.3 is 10.7 Å². The maximum atomic E-state index is 5.59. The van der Waals surface area contributed by atoms with Crippen LogP contribution in [0.4, 0.5) is 0 Å². The Bertz CT molecular complexity index is 204. The molecular weight excluding hydrogens is 156 g/mol. The van der Waals surface area contributed by atoms with Crippen molar-refractivity contribution in [1.82, 2.24) is 4.98 Å². The molecule has 11 heavy (non-hydrogen) atoms. The summed E-state index contributed by atoms with van der Waals surface area (Å²) in [5, 5.41) is 1.18. The summed E-state index contributed by atoms with van der Waals surface area (Å²) in [5.41, 5.74) is 5.59. The first-order valence-electron chi connectivity index (χ1n) is 3.66. The number of nitrogens with two attached hydrogens (primary N) is 1. The quantitative estimate of drug-likeness (QED) is 0.680. The molecule has 1 aromatic rings. The van der Waals surface area contributed by atoms with Crippen LogP contribution in [0.1, 0.15) is 13.8 Å². The van der Waals surface area contributed by atoms with Crippen LogP contribution in [0.5, 0.6) is 0 Å². The molecule has 1 aromatic heterocycles. The maximum absolute atomic E-state index is 5.59. The molecule has 3 N–H and O–H groups in total. The Morgan fingerprint density at radius 1 is 1.64 bits per heavy atom. The van der Waals surface area contributed by atoms with E-state index >= 15 is 0 Å². The third-order valence-corrected chi connectivity index (χ3v) is 2.64. The van der Waals surface area contributed by atoms with Crippen molar-refractivity contribution in [3.63, 3.8) is 0 Å². The minimum atomic E-state index is 0.130. The lowest BCUT2D eigenvalue weighted by Gasteiger charge is -2.20. The van der Waals surface area contributed by atoms with Crippen molar-refractivity contribution in [2.75, 3.05) is 6.54 Å². The third kappa shape index (κ3) is 2.60. The number of thioether (sulfide) groups is 1. The van der Waals surface area contributed by atoms with E-state index in [-0.39, 0.29) is 4.75 Å². The molecule has 0 bridgehead atoms. The highest BCUT2D eigenvalue weighted by atomic mass is 32.2. The summed E-state index contributed by atoms with van der Waals surface area (Å²) >= 11 is 1.77. The molecule has 0 aromatic carbocycles. The zero-order valence-corrected chi connectivity index (χ0v) is 7.74. The molecule has 0 unspecified atom stereocenters. The van der Waals surface area contributed by atoms with Crippen molar-refractivity contribution in [1.29, 1.82) is 0 Å². The van der Waals surface area contributed by atoms with Crippen LogP contribution in [0, 0.1) is 0 Å². The zero-order valence-electron chi connectivity index (χ0n) is 6.92. The number of hydrogen-bond donors (Lipinski definition) is 2. The predicted molar refractivity (Wildman–Crippen MR) is 49.8 cm³/mol. The largest absolute Gasteiger partial charge is 0.356 e. The Morgan fingerprint density at radius 2 is 2.36 bits per heavy atom. The average molecular weight is 170 g/mol. The van der Waals surface area contributed by atoms with Gasteiger partial charge in [0.05, 0.1) is 5.03 Å². The van der Waals surface area contributed by atoms with Gasteiger partial charge in [-0.3, -0.25) is 0 Å². The van der Waals surface area contributed by atoms with Crippen molar-refractivity contribution < 1.29 is 0 Å². The first kappa shape index (κ1) is 8.68. The van der Waals surface area contributed by atoms with Crippen molar-refractivity contribution in [2.45, 2.75) is 23.6 Å². The van der Waals surface area contributed by atoms with E-state index in [1.54, 1.807) is 11.8 Å². The van der Waals surface area contributed by atoms with Crippen LogP contribution < -0.4 is 5.73 Å². The number of aromatic amines is 1. The van der Waals surface area contributed by atoms with Gasteiger partial charge in [-0.05, 0) is 26.0 Å². The molecule has 0 spiro atoms. The van der Waals surface area contributed by atoms with Crippen molar-refractivity contribution in [3.05, 3.63) is 18.3 Å². The van der Waals surface area contributed by atoms with Crippen LogP contribution in [0.25, 0.3) is 0 Å². The highest BCUT2D eigenvalue weighted by molar-refractivity contribution is 8.00. The molecule has 2 nitrogen and oxygen atoms in total. The van der Waals surface area contributed by atoms with Gasteiger partial charge in [-0.15, -0.1) is 11.8 Å². The van der Waals surface area contributed by atoms with Gasteiger partial charge in [0.1, 0.15) is 0 Å². The molecule has 0 amide bonds. The van der Waals surface area contributed by atoms with Crippen molar-refractivity contribution in [2.24, 2.45) is 5.73 Å². The van der Waals surface area contributed by atoms with E-state index in [9.17, 15) is 0 Å². The second-order valence-corrected chi connectivity index (χ2v) is 4.85. The molecule has 62 valence electrons. The first-order valence-corrected chi connectivity index (χ1v) is 4.48. The Labute approximate surface area is 71.6 Å². The molecule has 0 saturated heterocycles. The fraction of sp³-hybridized carbons (Fsp3) is 0.500. The van der Waals surface area contributed by atoms with E-state index < -0.39 is 0 Å². The highest BCUT2D eigenvalue weighted by Crippen LogP contribution is 2.29. The van der Waals surface area contributed by atoms with Gasteiger partial charge >= 0.3 is 0 Å². The zero-order chi connectivity index (χ0) is 8.32. The number of nitrogens with one attached hydrogen (secondary N) is 1. The number of aromatic nitrogens is 1. The predicted octanol–water partition coefficient (Wildman–Crippen LogP) is 1.84. The fourth-order valence-corrected chi connectivity index (χ4v) is 1.67. The monoisotopic (exact) mass is 170 g/mol. The van der Waals surface area contributed by atoms with E-state index in [2.05, 4.69) is 24.9 Å². The van der Waals surface area contributed by atoms with Crippen LogP contribution in [-0.2, 0) is 0 Å². The van der Waals surface area contributed by atoms with Crippen LogP contribution in [-0.4, -0.2) is 16.3 Å². The molecule has 0 saturated carbocycles. The SMILES string of the molecule is CC(C)(CN)Sc1ccc[nH]1. The molecule has 0 aliphatic heterocycles. The number of rotatable bonds is 3. The molecule has 0 aliphatic carbocycles. The second-order valence-electron chi connectivity index (χ2n) is 3.10. The van der Waals surface area contributed by atoms with E-state index in [0.717, 1.165) is 0 Å². The van der Waals surface area contributed by atoms with E-state index in [0.29, 0.717) is 6.54 Å². The van der Waals surface area contributed by atoms with E-state index in [1.165, 1.54) is 5.03 Å². The summed E-state index contributed by atoms with van der Waals surface area (Å²) in [7, 11) is 0. The molecule has 1 heterocycles. The lowest BCUT2D eigenvalue weighted by molar-refractivity contribution is 0.721. The van der Waals surface area contributed by atoms with Crippen LogP contribution in [0.3, 0.4) is 0 Å². The van der Waals surface area contributed by atoms with Gasteiger partial charge in [0.25, 0.3) is 0 Å². The normalized spacial score (nSPS) is 11.9. The first-order chi connectivity index (χ1) is 5.14. The summed E-state index contributed by atoms with van der Waals surface area (Å²) in [4.78, 5) is 3.13. The Kier molecular flexibility index (Phi) is 2.62. The van der Waals surface area contributed by atoms with Crippen LogP contribution in [0.2, 0.25) is 0 Å². The minimum absolute atomic E-state index is 0.130. The summed E-state index contributed by atoms with van der Waals surface area (Å²) in [6, 6.07) is 4.05. The van der Waals surface area contributed by atoms with Gasteiger partial charge in [-0.2, -0.15) is 0 Å². The Balaban J connectivity index is 2.56. The third-order valence-electron chi connectivity index (χ3n) is 1.45. The molecular formula is C8H14N2S. The molecule has 0 fully saturated rings. The topological polar surface area (TPSA) is 41.8 Å². The fourth-order valence-electron chi connectivity index (χ4n) is 0.717. The van der Waals surface area contributed by atoms with Gasteiger partial charge in [0.2, 0.25) is 0 Å². The number of hydrogen-bond acceptors (Lipinski definition) is 2. The lowest BCUT2D eigenvalue weighted by Crippen LogP contribution is -2.26. The lowest BCUT2D eigenvalue weighted by atomic mass is 10.2. The minimum Gasteiger partial charge on any atom is -0.356 e. The second kappa shape index (κ2) is 3.32. The summed E-state index contributed by atoms with van der Waals surface area (Å²) in [6.07, 6.45) is 1.93. The summed E-state index contributed by atoms with van der Waals surface area (Å²) < 4.78 is 0.130. The van der Waals surface area contributed by atoms with Gasteiger partial charge in [0.15, 0.2) is 0 Å². The standard InChI is InChI=1S/C8H14N2S/c1-8(2,6-9)11-7-4-3-5-10-7/h3-5,10H,6,9H2,1-2H3. The van der Waals surface area contributed by atoms with Crippen LogP contribution >= 0.6 is 11.8 Å². The maximum Gasteiger partial charge on any atom is 0.0727 e. The molecule has 0 aliphatic rings. The van der Waals surface area contributed by atoms with E-state index in [1.807, 2.05) is 12.3 Å².